The van der Waals surface area contributed by atoms with Gasteiger partial charge in [0.15, 0.2) is 5.82 Å². The lowest BCUT2D eigenvalue weighted by Gasteiger charge is -2.10. The second-order valence-corrected chi connectivity index (χ2v) is 8.70. The maximum Gasteiger partial charge on any atom is 0.260 e. The SMILES string of the molecule is Cc1cc(NC(=O)CCSC(C)c2nc3scc(-c4ccco4)c3c(=O)[nH]2)no1. The molecule has 4 rings (SSSR count). The predicted octanol–water partition coefficient (Wildman–Crippen LogP) is 4.36. The quantitative estimate of drug-likeness (QED) is 0.447. The molecule has 0 saturated heterocycles. The zero-order valence-corrected chi connectivity index (χ0v) is 17.4. The number of rotatable bonds is 7. The normalized spacial score (nSPS) is 12.3. The van der Waals surface area contributed by atoms with Gasteiger partial charge in [-0.1, -0.05) is 5.16 Å². The number of fused-ring (bicyclic) bond motifs is 1. The number of thioether (sulfide) groups is 1. The van der Waals surface area contributed by atoms with Gasteiger partial charge in [0.05, 0.1) is 16.9 Å². The number of thiophene rings is 1. The van der Waals surface area contributed by atoms with E-state index in [9.17, 15) is 9.59 Å². The Morgan fingerprint density at radius 2 is 2.31 bits per heavy atom. The molecule has 29 heavy (non-hydrogen) atoms. The van der Waals surface area contributed by atoms with Crippen LogP contribution in [0.3, 0.4) is 0 Å². The predicted molar refractivity (Wildman–Crippen MR) is 113 cm³/mol. The Morgan fingerprint density at radius 3 is 3.03 bits per heavy atom. The van der Waals surface area contributed by atoms with Crippen LogP contribution < -0.4 is 10.9 Å². The van der Waals surface area contributed by atoms with Gasteiger partial charge in [-0.15, -0.1) is 11.3 Å². The Morgan fingerprint density at radius 1 is 1.45 bits per heavy atom. The van der Waals surface area contributed by atoms with Crippen molar-refractivity contribution in [3.05, 3.63) is 51.8 Å². The highest BCUT2D eigenvalue weighted by atomic mass is 32.2. The molecule has 0 aliphatic heterocycles. The molecule has 0 aliphatic carbocycles. The van der Waals surface area contributed by atoms with Crippen molar-refractivity contribution >= 4 is 45.0 Å². The number of nitrogens with zero attached hydrogens (tertiary/aromatic N) is 2. The fourth-order valence-electron chi connectivity index (χ4n) is 2.81. The van der Waals surface area contributed by atoms with Gasteiger partial charge in [-0.25, -0.2) is 4.98 Å². The van der Waals surface area contributed by atoms with E-state index in [4.69, 9.17) is 8.94 Å². The van der Waals surface area contributed by atoms with E-state index < -0.39 is 0 Å². The van der Waals surface area contributed by atoms with Crippen LogP contribution >= 0.6 is 23.1 Å². The first-order valence-corrected chi connectivity index (χ1v) is 10.8. The molecule has 0 fully saturated rings. The molecule has 4 heterocycles. The average Bonchev–Trinajstić information content (AvgIpc) is 3.42. The zero-order chi connectivity index (χ0) is 20.4. The summed E-state index contributed by atoms with van der Waals surface area (Å²) in [6.07, 6.45) is 1.89. The molecule has 0 saturated carbocycles. The van der Waals surface area contributed by atoms with Crippen LogP contribution in [0.1, 0.15) is 30.2 Å². The number of amides is 1. The Hall–Kier alpha value is -2.85. The number of hydrogen-bond acceptors (Lipinski definition) is 8. The highest BCUT2D eigenvalue weighted by Crippen LogP contribution is 2.33. The van der Waals surface area contributed by atoms with Gasteiger partial charge in [0.25, 0.3) is 5.56 Å². The summed E-state index contributed by atoms with van der Waals surface area (Å²) >= 11 is 2.95. The number of aromatic nitrogens is 3. The van der Waals surface area contributed by atoms with Gasteiger partial charge >= 0.3 is 0 Å². The second kappa shape index (κ2) is 8.26. The van der Waals surface area contributed by atoms with E-state index in [0.29, 0.717) is 45.6 Å². The molecule has 1 atom stereocenters. The lowest BCUT2D eigenvalue weighted by molar-refractivity contribution is -0.115. The Bertz CT molecular complexity index is 1190. The molecule has 150 valence electrons. The molecule has 4 aromatic rings. The van der Waals surface area contributed by atoms with E-state index in [1.165, 1.54) is 11.3 Å². The summed E-state index contributed by atoms with van der Waals surface area (Å²) in [5.41, 5.74) is 0.555. The molecule has 4 aromatic heterocycles. The maximum absolute atomic E-state index is 12.6. The molecule has 2 N–H and O–H groups in total. The molecule has 10 heteroatoms. The molecule has 0 radical (unpaired) electrons. The maximum atomic E-state index is 12.6. The molecular formula is C19H18N4O4S2. The summed E-state index contributed by atoms with van der Waals surface area (Å²) in [5.74, 6) is 2.72. The van der Waals surface area contributed by atoms with Crippen LogP contribution in [0, 0.1) is 6.92 Å². The first kappa shape index (κ1) is 19.5. The minimum atomic E-state index is -0.191. The molecule has 1 unspecified atom stereocenters. The van der Waals surface area contributed by atoms with Crippen LogP contribution in [-0.2, 0) is 4.79 Å². The lowest BCUT2D eigenvalue weighted by Crippen LogP contribution is -2.14. The van der Waals surface area contributed by atoms with E-state index >= 15 is 0 Å². The van der Waals surface area contributed by atoms with Gasteiger partial charge in [0.2, 0.25) is 5.91 Å². The van der Waals surface area contributed by atoms with Crippen LogP contribution in [0.25, 0.3) is 21.5 Å². The minimum absolute atomic E-state index is 0.0663. The van der Waals surface area contributed by atoms with Gasteiger partial charge < -0.3 is 19.2 Å². The Labute approximate surface area is 173 Å². The number of carbonyl (C=O) groups excluding carboxylic acids is 1. The third-order valence-corrected chi connectivity index (χ3v) is 6.26. The molecule has 0 aromatic carbocycles. The van der Waals surface area contributed by atoms with E-state index in [-0.39, 0.29) is 16.7 Å². The Kier molecular flexibility index (Phi) is 5.54. The summed E-state index contributed by atoms with van der Waals surface area (Å²) in [4.78, 5) is 32.8. The summed E-state index contributed by atoms with van der Waals surface area (Å²) in [6.45, 7) is 3.71. The summed E-state index contributed by atoms with van der Waals surface area (Å²) in [5, 5.41) is 8.77. The standard InChI is InChI=1S/C19H18N4O4S2/c1-10-8-14(23-27-10)20-15(24)5-7-28-11(2)17-21-18(25)16-12(9-29-19(16)22-17)13-4-3-6-26-13/h3-4,6,8-9,11H,5,7H2,1-2H3,(H,20,23,24)(H,21,22,25). The monoisotopic (exact) mass is 430 g/mol. The Balaban J connectivity index is 1.40. The zero-order valence-electron chi connectivity index (χ0n) is 15.7. The number of anilines is 1. The second-order valence-electron chi connectivity index (χ2n) is 6.39. The number of nitrogens with one attached hydrogen (secondary N) is 2. The minimum Gasteiger partial charge on any atom is -0.464 e. The number of aryl methyl sites for hydroxylation is 1. The molecule has 8 nitrogen and oxygen atoms in total. The third kappa shape index (κ3) is 4.28. The third-order valence-electron chi connectivity index (χ3n) is 4.23. The van der Waals surface area contributed by atoms with Gasteiger partial charge in [-0.05, 0) is 26.0 Å². The van der Waals surface area contributed by atoms with Gasteiger partial charge in [0, 0.05) is 29.2 Å². The number of aromatic amines is 1. The van der Waals surface area contributed by atoms with Crippen LogP contribution in [0.4, 0.5) is 5.82 Å². The highest BCUT2D eigenvalue weighted by Gasteiger charge is 2.17. The molecule has 0 spiro atoms. The molecule has 1 amide bonds. The van der Waals surface area contributed by atoms with Crippen molar-refractivity contribution in [3.8, 4) is 11.3 Å². The summed E-state index contributed by atoms with van der Waals surface area (Å²) < 4.78 is 10.3. The fraction of sp³-hybridized carbons (Fsp3) is 0.263. The molecular weight excluding hydrogens is 412 g/mol. The van der Waals surface area contributed by atoms with Crippen molar-refractivity contribution in [1.29, 1.82) is 0 Å². The van der Waals surface area contributed by atoms with Crippen molar-refractivity contribution < 1.29 is 13.7 Å². The van der Waals surface area contributed by atoms with E-state index in [1.54, 1.807) is 37.1 Å². The van der Waals surface area contributed by atoms with Crippen LogP contribution in [0.15, 0.2) is 43.6 Å². The van der Waals surface area contributed by atoms with E-state index in [0.717, 1.165) is 5.56 Å². The van der Waals surface area contributed by atoms with Crippen molar-refractivity contribution in [3.63, 3.8) is 0 Å². The van der Waals surface area contributed by atoms with E-state index in [1.807, 2.05) is 18.4 Å². The van der Waals surface area contributed by atoms with Crippen LogP contribution in [-0.4, -0.2) is 26.8 Å². The van der Waals surface area contributed by atoms with Gasteiger partial charge in [-0.3, -0.25) is 9.59 Å². The molecule has 0 aliphatic rings. The number of carbonyl (C=O) groups is 1. The largest absolute Gasteiger partial charge is 0.464 e. The van der Waals surface area contributed by atoms with Crippen LogP contribution in [0.5, 0.6) is 0 Å². The van der Waals surface area contributed by atoms with Crippen molar-refractivity contribution in [1.82, 2.24) is 15.1 Å². The average molecular weight is 431 g/mol. The number of H-pyrrole nitrogens is 1. The number of hydrogen-bond donors (Lipinski definition) is 2. The summed E-state index contributed by atoms with van der Waals surface area (Å²) in [7, 11) is 0. The van der Waals surface area contributed by atoms with Crippen LogP contribution in [0.2, 0.25) is 0 Å². The first-order chi connectivity index (χ1) is 14.0. The van der Waals surface area contributed by atoms with Crippen molar-refractivity contribution in [2.24, 2.45) is 0 Å². The van der Waals surface area contributed by atoms with Crippen molar-refractivity contribution in [2.75, 3.05) is 11.1 Å². The van der Waals surface area contributed by atoms with E-state index in [2.05, 4.69) is 20.4 Å². The smallest absolute Gasteiger partial charge is 0.260 e. The molecule has 0 bridgehead atoms. The number of furan rings is 1. The topological polar surface area (TPSA) is 114 Å². The fourth-order valence-corrected chi connectivity index (χ4v) is 4.67. The highest BCUT2D eigenvalue weighted by molar-refractivity contribution is 7.99. The first-order valence-electron chi connectivity index (χ1n) is 8.91. The van der Waals surface area contributed by atoms with Crippen molar-refractivity contribution in [2.45, 2.75) is 25.5 Å². The summed E-state index contributed by atoms with van der Waals surface area (Å²) in [6, 6.07) is 5.27. The lowest BCUT2D eigenvalue weighted by atomic mass is 10.2. The van der Waals surface area contributed by atoms with Gasteiger partial charge in [0.1, 0.15) is 22.2 Å². The van der Waals surface area contributed by atoms with Gasteiger partial charge in [-0.2, -0.15) is 11.8 Å².